The third kappa shape index (κ3) is 4.35. The molecule has 4 aromatic heterocycles. The molecule has 0 spiro atoms. The van der Waals surface area contributed by atoms with Crippen LogP contribution in [0.5, 0.6) is 0 Å². The van der Waals surface area contributed by atoms with Crippen LogP contribution in [0.1, 0.15) is 30.1 Å². The molecule has 5 heterocycles. The summed E-state index contributed by atoms with van der Waals surface area (Å²) in [6.45, 7) is 0. The van der Waals surface area contributed by atoms with Gasteiger partial charge in [-0.2, -0.15) is 9.78 Å². The molecule has 0 fully saturated rings. The molecule has 1 aromatic carbocycles. The van der Waals surface area contributed by atoms with E-state index in [1.54, 1.807) is 22.8 Å². The van der Waals surface area contributed by atoms with E-state index in [-0.39, 0.29) is 35.4 Å². The van der Waals surface area contributed by atoms with E-state index in [2.05, 4.69) is 20.4 Å². The normalized spacial score (nSPS) is 15.7. The van der Waals surface area contributed by atoms with Crippen LogP contribution in [-0.2, 0) is 17.6 Å². The Hall–Kier alpha value is -4.71. The minimum Gasteiger partial charge on any atom is -0.463 e. The quantitative estimate of drug-likeness (QED) is 0.304. The minimum absolute atomic E-state index is 0.0371. The second-order valence-corrected chi connectivity index (χ2v) is 10.7. The molecule has 2 aliphatic rings. The minimum atomic E-state index is -0.366. The van der Waals surface area contributed by atoms with Crippen molar-refractivity contribution in [2.24, 2.45) is 0 Å². The van der Waals surface area contributed by atoms with Gasteiger partial charge in [-0.3, -0.25) is 23.9 Å². The number of nitrogens with one attached hydrogen (secondary N) is 2. The number of hydrogen-bond acceptors (Lipinski definition) is 8. The third-order valence-electron chi connectivity index (χ3n) is 7.04. The van der Waals surface area contributed by atoms with Crippen LogP contribution < -0.4 is 16.4 Å². The number of aromatic amines is 1. The highest BCUT2D eigenvalue weighted by Crippen LogP contribution is 2.34. The number of amides is 1. The Morgan fingerprint density at radius 1 is 1.07 bits per heavy atom. The van der Waals surface area contributed by atoms with Gasteiger partial charge < -0.3 is 9.73 Å². The van der Waals surface area contributed by atoms with Crippen molar-refractivity contribution in [3.63, 3.8) is 0 Å². The van der Waals surface area contributed by atoms with E-state index < -0.39 is 0 Å². The molecule has 40 heavy (non-hydrogen) atoms. The highest BCUT2D eigenvalue weighted by molar-refractivity contribution is 7.99. The van der Waals surface area contributed by atoms with Gasteiger partial charge in [-0.25, -0.2) is 9.97 Å². The van der Waals surface area contributed by atoms with Crippen LogP contribution in [0.25, 0.3) is 28.7 Å². The number of H-pyrrole nitrogens is 1. The summed E-state index contributed by atoms with van der Waals surface area (Å²) in [6.07, 6.45) is 4.09. The molecule has 11 nitrogen and oxygen atoms in total. The predicted octanol–water partition coefficient (Wildman–Crippen LogP) is 3.60. The van der Waals surface area contributed by atoms with Gasteiger partial charge in [0.1, 0.15) is 11.5 Å². The molecule has 200 valence electrons. The lowest BCUT2D eigenvalue weighted by molar-refractivity contribution is -0.116. The Balaban J connectivity index is 1.22. The summed E-state index contributed by atoms with van der Waals surface area (Å²) >= 11 is 1.50. The number of hydrogen-bond donors (Lipinski definition) is 2. The molecular formula is C28H23N7O4S. The highest BCUT2D eigenvalue weighted by atomic mass is 32.2. The lowest BCUT2D eigenvalue weighted by Crippen LogP contribution is -2.30. The number of benzene rings is 1. The zero-order valence-corrected chi connectivity index (χ0v) is 22.0. The van der Waals surface area contributed by atoms with Gasteiger partial charge in [-0.1, -0.05) is 42.1 Å². The zero-order chi connectivity index (χ0) is 27.2. The predicted molar refractivity (Wildman–Crippen MR) is 149 cm³/mol. The molecule has 7 rings (SSSR count). The number of fused-ring (bicyclic) bond motifs is 2. The van der Waals surface area contributed by atoms with Crippen molar-refractivity contribution < 1.29 is 9.21 Å². The van der Waals surface area contributed by atoms with Gasteiger partial charge in [0.15, 0.2) is 10.9 Å². The van der Waals surface area contributed by atoms with E-state index in [0.717, 1.165) is 36.1 Å². The molecule has 1 aliphatic heterocycles. The standard InChI is InChI=1S/C28H23N7O4S/c36-24(12-17-15-40-28-30-19-9-4-8-18(19)26(38)34(17)28)31-23-13-21(22-10-5-11-39-22)33-35(23)27-29-20(14-25(37)32-27)16-6-2-1-3-7-16/h1-3,5-7,10-11,13-14,17H,4,8-9,12,15H2,(H,31,36)(H,29,32,37). The van der Waals surface area contributed by atoms with E-state index in [0.29, 0.717) is 33.9 Å². The summed E-state index contributed by atoms with van der Waals surface area (Å²) in [4.78, 5) is 51.1. The summed E-state index contributed by atoms with van der Waals surface area (Å²) in [5.41, 5.74) is 2.94. The van der Waals surface area contributed by atoms with Gasteiger partial charge >= 0.3 is 0 Å². The number of carbonyl (C=O) groups is 1. The van der Waals surface area contributed by atoms with Gasteiger partial charge in [-0.15, -0.1) is 0 Å². The number of furan rings is 1. The molecule has 1 amide bonds. The first kappa shape index (κ1) is 24.3. The van der Waals surface area contributed by atoms with E-state index in [4.69, 9.17) is 9.40 Å². The molecule has 1 unspecified atom stereocenters. The van der Waals surface area contributed by atoms with E-state index >= 15 is 0 Å². The second-order valence-electron chi connectivity index (χ2n) is 9.69. The number of nitrogens with zero attached hydrogens (tertiary/aromatic N) is 5. The highest BCUT2D eigenvalue weighted by Gasteiger charge is 2.31. The largest absolute Gasteiger partial charge is 0.463 e. The smallest absolute Gasteiger partial charge is 0.257 e. The first-order valence-corrected chi connectivity index (χ1v) is 13.9. The number of carbonyl (C=O) groups excluding carboxylic acids is 1. The average molecular weight is 554 g/mol. The average Bonchev–Trinajstić information content (AvgIpc) is 3.76. The van der Waals surface area contributed by atoms with Crippen molar-refractivity contribution in [2.45, 2.75) is 36.9 Å². The summed E-state index contributed by atoms with van der Waals surface area (Å²) < 4.78 is 8.56. The van der Waals surface area contributed by atoms with Gasteiger partial charge in [0, 0.05) is 35.4 Å². The van der Waals surface area contributed by atoms with Gasteiger partial charge in [0.05, 0.1) is 23.7 Å². The van der Waals surface area contributed by atoms with E-state index in [9.17, 15) is 14.4 Å². The van der Waals surface area contributed by atoms with Crippen LogP contribution in [0.2, 0.25) is 0 Å². The molecule has 1 aliphatic carbocycles. The fraction of sp³-hybridized carbons (Fsp3) is 0.214. The monoisotopic (exact) mass is 553 g/mol. The first-order chi connectivity index (χ1) is 19.5. The topological polar surface area (TPSA) is 141 Å². The van der Waals surface area contributed by atoms with Gasteiger partial charge in [0.25, 0.3) is 11.1 Å². The Morgan fingerprint density at radius 2 is 1.95 bits per heavy atom. The van der Waals surface area contributed by atoms with Crippen LogP contribution in [-0.4, -0.2) is 41.0 Å². The number of thioether (sulfide) groups is 1. The van der Waals surface area contributed by atoms with Crippen molar-refractivity contribution in [2.75, 3.05) is 11.1 Å². The molecule has 5 aromatic rings. The van der Waals surface area contributed by atoms with Crippen molar-refractivity contribution >= 4 is 23.5 Å². The van der Waals surface area contributed by atoms with Crippen molar-refractivity contribution in [1.29, 1.82) is 0 Å². The van der Waals surface area contributed by atoms with Crippen molar-refractivity contribution in [1.82, 2.24) is 29.3 Å². The molecule has 0 saturated heterocycles. The maximum absolute atomic E-state index is 13.3. The Kier molecular flexibility index (Phi) is 5.96. The van der Waals surface area contributed by atoms with Crippen LogP contribution in [0.15, 0.2) is 80.0 Å². The third-order valence-corrected chi connectivity index (χ3v) is 8.14. The number of aryl methyl sites for hydroxylation is 1. The molecule has 2 N–H and O–H groups in total. The second kappa shape index (κ2) is 9.79. The molecular weight excluding hydrogens is 530 g/mol. The van der Waals surface area contributed by atoms with Crippen LogP contribution in [0.4, 0.5) is 5.82 Å². The SMILES string of the molecule is O=C(CC1CSc2nc3c(c(=O)n21)CCC3)Nc1cc(-c2ccco2)nn1-c1nc(-c2ccccc2)cc(=O)[nH]1. The van der Waals surface area contributed by atoms with Crippen LogP contribution in [0.3, 0.4) is 0 Å². The Bertz CT molecular complexity index is 1860. The van der Waals surface area contributed by atoms with Gasteiger partial charge in [-0.05, 0) is 31.4 Å². The summed E-state index contributed by atoms with van der Waals surface area (Å²) in [7, 11) is 0. The summed E-state index contributed by atoms with van der Waals surface area (Å²) in [6, 6.07) is 15.6. The lowest BCUT2D eigenvalue weighted by atomic mass is 10.1. The molecule has 12 heteroatoms. The fourth-order valence-corrected chi connectivity index (χ4v) is 6.34. The van der Waals surface area contributed by atoms with Crippen LogP contribution >= 0.6 is 11.8 Å². The molecule has 0 bridgehead atoms. The van der Waals surface area contributed by atoms with Crippen LogP contribution in [0, 0.1) is 0 Å². The Labute approximate surface area is 231 Å². The summed E-state index contributed by atoms with van der Waals surface area (Å²) in [5, 5.41) is 8.17. The molecule has 0 radical (unpaired) electrons. The molecule has 1 atom stereocenters. The maximum Gasteiger partial charge on any atom is 0.257 e. The number of aromatic nitrogens is 6. The van der Waals surface area contributed by atoms with E-state index in [1.165, 1.54) is 28.8 Å². The van der Waals surface area contributed by atoms with E-state index in [1.807, 2.05) is 30.3 Å². The first-order valence-electron chi connectivity index (χ1n) is 12.9. The van der Waals surface area contributed by atoms with Crippen molar-refractivity contribution in [3.8, 4) is 28.7 Å². The maximum atomic E-state index is 13.3. The van der Waals surface area contributed by atoms with Gasteiger partial charge in [0.2, 0.25) is 11.9 Å². The molecule has 0 saturated carbocycles. The number of rotatable bonds is 6. The summed E-state index contributed by atoms with van der Waals surface area (Å²) in [5.74, 6) is 1.21. The zero-order valence-electron chi connectivity index (χ0n) is 21.2. The fourth-order valence-electron chi connectivity index (χ4n) is 5.19. The Morgan fingerprint density at radius 3 is 2.77 bits per heavy atom. The number of anilines is 1. The van der Waals surface area contributed by atoms with Crippen molar-refractivity contribution in [3.05, 3.63) is 92.8 Å². The lowest BCUT2D eigenvalue weighted by Gasteiger charge is -2.15.